The van der Waals surface area contributed by atoms with Crippen molar-refractivity contribution in [2.24, 2.45) is 7.05 Å². The first-order chi connectivity index (χ1) is 15.6. The minimum Gasteiger partial charge on any atom is -0.455 e. The highest BCUT2D eigenvalue weighted by molar-refractivity contribution is 6.09. The molecule has 0 spiro atoms. The van der Waals surface area contributed by atoms with Gasteiger partial charge in [-0.2, -0.15) is 4.57 Å². The average Bonchev–Trinajstić information content (AvgIpc) is 3.30. The summed E-state index contributed by atoms with van der Waals surface area (Å²) in [4.78, 5) is 0. The summed E-state index contributed by atoms with van der Waals surface area (Å²) < 4.78 is 11.2. The Labute approximate surface area is 187 Å². The maximum absolute atomic E-state index is 6.49. The summed E-state index contributed by atoms with van der Waals surface area (Å²) in [6.45, 7) is 6.56. The van der Waals surface area contributed by atoms with Gasteiger partial charge in [0.2, 0.25) is 0 Å². The molecule has 3 heteroatoms. The van der Waals surface area contributed by atoms with Crippen LogP contribution in [0.4, 0.5) is 0 Å². The van der Waals surface area contributed by atoms with Gasteiger partial charge in [-0.05, 0) is 55.7 Å². The van der Waals surface area contributed by atoms with E-state index in [1.54, 1.807) is 0 Å². The zero-order chi connectivity index (χ0) is 22.0. The van der Waals surface area contributed by atoms with Crippen molar-refractivity contribution in [3.8, 4) is 17.1 Å². The Bertz CT molecular complexity index is 1650. The summed E-state index contributed by atoms with van der Waals surface area (Å²) in [5.41, 5.74) is 10.3. The van der Waals surface area contributed by atoms with Gasteiger partial charge >= 0.3 is 0 Å². The van der Waals surface area contributed by atoms with E-state index in [0.29, 0.717) is 0 Å². The molecule has 0 aliphatic rings. The summed E-state index contributed by atoms with van der Waals surface area (Å²) in [6.07, 6.45) is 0. The Balaban J connectivity index is 1.84. The third kappa shape index (κ3) is 2.51. The second-order valence-electron chi connectivity index (χ2n) is 8.68. The van der Waals surface area contributed by atoms with Gasteiger partial charge in [0.25, 0.3) is 5.82 Å². The quantitative estimate of drug-likeness (QED) is 0.280. The van der Waals surface area contributed by atoms with Crippen LogP contribution in [0.25, 0.3) is 50.0 Å². The second-order valence-corrected chi connectivity index (χ2v) is 8.68. The van der Waals surface area contributed by atoms with Crippen LogP contribution in [0.2, 0.25) is 0 Å². The molecule has 2 aromatic heterocycles. The van der Waals surface area contributed by atoms with Crippen molar-refractivity contribution in [2.75, 3.05) is 0 Å². The van der Waals surface area contributed by atoms with E-state index in [1.165, 1.54) is 33.4 Å². The van der Waals surface area contributed by atoms with Crippen LogP contribution in [-0.4, -0.2) is 4.57 Å². The van der Waals surface area contributed by atoms with Crippen LogP contribution in [0.1, 0.15) is 16.7 Å². The maximum Gasteiger partial charge on any atom is 0.299 e. The lowest BCUT2D eigenvalue weighted by molar-refractivity contribution is -0.633. The van der Waals surface area contributed by atoms with Crippen molar-refractivity contribution in [1.82, 2.24) is 4.57 Å². The van der Waals surface area contributed by atoms with Crippen molar-refractivity contribution < 1.29 is 8.98 Å². The van der Waals surface area contributed by atoms with Gasteiger partial charge in [0, 0.05) is 10.8 Å². The second kappa shape index (κ2) is 6.83. The molecular weight excluding hydrogens is 392 g/mol. The van der Waals surface area contributed by atoms with Crippen LogP contribution in [-0.2, 0) is 7.05 Å². The van der Waals surface area contributed by atoms with E-state index in [9.17, 15) is 0 Å². The molecule has 156 valence electrons. The number of aromatic nitrogens is 2. The van der Waals surface area contributed by atoms with E-state index in [1.807, 2.05) is 6.07 Å². The summed E-state index contributed by atoms with van der Waals surface area (Å²) in [7, 11) is 2.16. The molecule has 0 amide bonds. The SMILES string of the molecule is Cc1cccc(C)c1-n1c(-c2c(C)ccc3c2oc2ccccc23)[n+](C)c2ccccc21. The summed E-state index contributed by atoms with van der Waals surface area (Å²) in [6, 6.07) is 27.8. The molecule has 32 heavy (non-hydrogen) atoms. The maximum atomic E-state index is 6.49. The molecule has 0 fully saturated rings. The third-order valence-electron chi connectivity index (χ3n) is 6.66. The van der Waals surface area contributed by atoms with E-state index in [2.05, 4.69) is 110 Å². The molecule has 0 aliphatic heterocycles. The van der Waals surface area contributed by atoms with Crippen LogP contribution in [0, 0.1) is 20.8 Å². The fourth-order valence-electron chi connectivity index (χ4n) is 5.14. The van der Waals surface area contributed by atoms with Gasteiger partial charge in [0.1, 0.15) is 16.8 Å². The first-order valence-electron chi connectivity index (χ1n) is 11.0. The van der Waals surface area contributed by atoms with Crippen LogP contribution in [0.15, 0.2) is 83.3 Å². The molecule has 0 N–H and O–H groups in total. The van der Waals surface area contributed by atoms with E-state index in [0.717, 1.165) is 33.3 Å². The van der Waals surface area contributed by atoms with Crippen molar-refractivity contribution >= 4 is 33.0 Å². The Morgan fingerprint density at radius 3 is 2.22 bits per heavy atom. The van der Waals surface area contributed by atoms with Crippen molar-refractivity contribution in [2.45, 2.75) is 20.8 Å². The van der Waals surface area contributed by atoms with Gasteiger partial charge in [-0.25, -0.2) is 4.57 Å². The predicted molar refractivity (Wildman–Crippen MR) is 131 cm³/mol. The van der Waals surface area contributed by atoms with Crippen LogP contribution in [0.5, 0.6) is 0 Å². The minimum atomic E-state index is 0.923. The van der Waals surface area contributed by atoms with Crippen molar-refractivity contribution in [3.63, 3.8) is 0 Å². The molecular formula is C29H25N2O+. The molecule has 0 atom stereocenters. The molecule has 2 heterocycles. The van der Waals surface area contributed by atoms with Gasteiger partial charge in [-0.15, -0.1) is 0 Å². The molecule has 0 saturated heterocycles. The largest absolute Gasteiger partial charge is 0.455 e. The van der Waals surface area contributed by atoms with E-state index >= 15 is 0 Å². The van der Waals surface area contributed by atoms with E-state index in [4.69, 9.17) is 4.42 Å². The zero-order valence-corrected chi connectivity index (χ0v) is 18.8. The average molecular weight is 418 g/mol. The number of hydrogen-bond donors (Lipinski definition) is 0. The van der Waals surface area contributed by atoms with Crippen molar-refractivity contribution in [3.05, 3.63) is 95.6 Å². The molecule has 3 nitrogen and oxygen atoms in total. The monoisotopic (exact) mass is 417 g/mol. The highest BCUT2D eigenvalue weighted by atomic mass is 16.3. The van der Waals surface area contributed by atoms with Gasteiger partial charge in [-0.1, -0.05) is 60.7 Å². The number of rotatable bonds is 2. The number of para-hydroxylation sites is 4. The number of benzene rings is 4. The molecule has 0 saturated carbocycles. The number of imidazole rings is 1. The highest BCUT2D eigenvalue weighted by Gasteiger charge is 2.31. The molecule has 6 rings (SSSR count). The van der Waals surface area contributed by atoms with Crippen LogP contribution < -0.4 is 4.57 Å². The first-order valence-corrected chi connectivity index (χ1v) is 11.0. The van der Waals surface area contributed by atoms with Crippen LogP contribution in [0.3, 0.4) is 0 Å². The smallest absolute Gasteiger partial charge is 0.299 e. The third-order valence-corrected chi connectivity index (χ3v) is 6.66. The minimum absolute atomic E-state index is 0.923. The predicted octanol–water partition coefficient (Wildman–Crippen LogP) is 6.95. The lowest BCUT2D eigenvalue weighted by Crippen LogP contribution is -2.30. The topological polar surface area (TPSA) is 21.9 Å². The van der Waals surface area contributed by atoms with Gasteiger partial charge in [0.15, 0.2) is 16.6 Å². The fraction of sp³-hybridized carbons (Fsp3) is 0.138. The number of hydrogen-bond acceptors (Lipinski definition) is 1. The molecule has 0 aliphatic carbocycles. The molecule has 0 unspecified atom stereocenters. The standard InChI is InChI=1S/C29H25N2O/c1-18-16-17-22-21-12-5-8-15-25(21)32-28(22)26(18)29-30(4)23-13-6-7-14-24(23)31(29)27-19(2)10-9-11-20(27)3/h5-17H,1-4H3/q+1. The lowest BCUT2D eigenvalue weighted by Gasteiger charge is -2.11. The molecule has 0 radical (unpaired) electrons. The van der Waals surface area contributed by atoms with Gasteiger partial charge < -0.3 is 4.42 Å². The molecule has 0 bridgehead atoms. The van der Waals surface area contributed by atoms with Gasteiger partial charge in [0.05, 0.1) is 7.05 Å². The first kappa shape index (κ1) is 18.9. The Hall–Kier alpha value is -3.85. The number of fused-ring (bicyclic) bond motifs is 4. The Kier molecular flexibility index (Phi) is 4.03. The van der Waals surface area contributed by atoms with E-state index in [-0.39, 0.29) is 0 Å². The summed E-state index contributed by atoms with van der Waals surface area (Å²) >= 11 is 0. The highest BCUT2D eigenvalue weighted by Crippen LogP contribution is 2.39. The lowest BCUT2D eigenvalue weighted by atomic mass is 10.0. The Morgan fingerprint density at radius 1 is 0.688 bits per heavy atom. The summed E-state index contributed by atoms with van der Waals surface area (Å²) in [5, 5.41) is 2.31. The number of nitrogens with zero attached hydrogens (tertiary/aromatic N) is 2. The normalized spacial score (nSPS) is 11.8. The number of furan rings is 1. The number of aryl methyl sites for hydroxylation is 4. The Morgan fingerprint density at radius 2 is 1.41 bits per heavy atom. The van der Waals surface area contributed by atoms with Crippen molar-refractivity contribution in [1.29, 1.82) is 0 Å². The van der Waals surface area contributed by atoms with E-state index < -0.39 is 0 Å². The van der Waals surface area contributed by atoms with Gasteiger partial charge in [-0.3, -0.25) is 0 Å². The van der Waals surface area contributed by atoms with Crippen LogP contribution >= 0.6 is 0 Å². The zero-order valence-electron chi connectivity index (χ0n) is 18.8. The molecule has 6 aromatic rings. The molecule has 4 aromatic carbocycles. The summed E-state index contributed by atoms with van der Waals surface area (Å²) in [5.74, 6) is 1.13. The fourth-order valence-corrected chi connectivity index (χ4v) is 5.14.